The highest BCUT2D eigenvalue weighted by Gasteiger charge is 2.36. The molecule has 430 valence electrons. The maximum atomic E-state index is 14.9. The van der Waals surface area contributed by atoms with Crippen molar-refractivity contribution in [1.29, 1.82) is 0 Å². The maximum Gasteiger partial charge on any atom is 0.408 e. The molecule has 1 aliphatic rings. The molecule has 8 atom stereocenters. The largest absolute Gasteiger partial charge is 0.508 e. The SMILES string of the molecule is C[C@@H](O)[C@@H]1NC(=O)[C@H](CCCCNC(=O)OC(C)(C)C)NC(=O)[C@@H](Cc2c[nH]c3ccccc23)NC(=O)[C@H](Cc2ccc(O)cc2)NC(=O)[C@@H](NC(=O)[C@@H](Cc2ccccc2)NC(=O)OC(C)(C)C)CSSCC(CO)NC1=O. The van der Waals surface area contributed by atoms with E-state index in [1.54, 1.807) is 96.3 Å². The molecule has 0 spiro atoms. The number of para-hydroxylation sites is 1. The van der Waals surface area contributed by atoms with Gasteiger partial charge >= 0.3 is 12.2 Å². The molecule has 12 N–H and O–H groups in total. The zero-order chi connectivity index (χ0) is 57.9. The molecule has 5 rings (SSSR count). The lowest BCUT2D eigenvalue weighted by molar-refractivity contribution is -0.136. The molecule has 1 aromatic heterocycles. The molecule has 0 radical (unpaired) electrons. The summed E-state index contributed by atoms with van der Waals surface area (Å²) in [4.78, 5) is 116. The molecule has 1 aliphatic heterocycles. The van der Waals surface area contributed by atoms with E-state index in [0.717, 1.165) is 32.5 Å². The highest BCUT2D eigenvalue weighted by molar-refractivity contribution is 8.76. The van der Waals surface area contributed by atoms with Gasteiger partial charge in [-0.1, -0.05) is 82.3 Å². The minimum Gasteiger partial charge on any atom is -0.508 e. The number of rotatable bonds is 16. The van der Waals surface area contributed by atoms with Crippen molar-refractivity contribution in [1.82, 2.24) is 47.5 Å². The first kappa shape index (κ1) is 62.8. The van der Waals surface area contributed by atoms with E-state index in [0.29, 0.717) is 23.1 Å². The number of aromatic amines is 1. The molecular formula is C55H75N9O13S2. The van der Waals surface area contributed by atoms with E-state index >= 15 is 0 Å². The summed E-state index contributed by atoms with van der Waals surface area (Å²) in [6.07, 6.45) is -1.16. The van der Waals surface area contributed by atoms with Gasteiger partial charge in [-0.2, -0.15) is 0 Å². The number of nitrogens with one attached hydrogen (secondary N) is 9. The van der Waals surface area contributed by atoms with Crippen molar-refractivity contribution in [2.24, 2.45) is 0 Å². The molecule has 1 saturated heterocycles. The van der Waals surface area contributed by atoms with Crippen molar-refractivity contribution in [2.45, 2.75) is 147 Å². The quantitative estimate of drug-likeness (QED) is 0.0567. The lowest BCUT2D eigenvalue weighted by Crippen LogP contribution is -2.61. The van der Waals surface area contributed by atoms with Crippen LogP contribution in [-0.2, 0) is 57.5 Å². The Bertz CT molecular complexity index is 2700. The second-order valence-electron chi connectivity index (χ2n) is 21.2. The summed E-state index contributed by atoms with van der Waals surface area (Å²) in [5.74, 6) is -5.22. The number of amides is 8. The number of carbonyl (C=O) groups excluding carboxylic acids is 8. The number of aliphatic hydroxyl groups is 2. The molecule has 24 heteroatoms. The van der Waals surface area contributed by atoms with Gasteiger partial charge in [0, 0.05) is 54.4 Å². The minimum atomic E-state index is -1.58. The third kappa shape index (κ3) is 21.3. The molecule has 8 amide bonds. The van der Waals surface area contributed by atoms with Crippen LogP contribution >= 0.6 is 21.6 Å². The van der Waals surface area contributed by atoms with Gasteiger partial charge in [0.1, 0.15) is 53.2 Å². The van der Waals surface area contributed by atoms with Crippen LogP contribution in [-0.4, -0.2) is 152 Å². The summed E-state index contributed by atoms with van der Waals surface area (Å²) in [6, 6.07) is 12.5. The summed E-state index contributed by atoms with van der Waals surface area (Å²) < 4.78 is 10.8. The summed E-state index contributed by atoms with van der Waals surface area (Å²) in [7, 11) is 2.20. The molecule has 0 saturated carbocycles. The number of alkyl carbamates (subject to hydrolysis) is 2. The number of phenolic OH excluding ortho intramolecular Hbond substituents is 1. The van der Waals surface area contributed by atoms with Crippen LogP contribution in [0.4, 0.5) is 9.59 Å². The van der Waals surface area contributed by atoms with Crippen LogP contribution in [0, 0.1) is 0 Å². The second kappa shape index (κ2) is 29.8. The van der Waals surface area contributed by atoms with Crippen molar-refractivity contribution in [3.8, 4) is 5.75 Å². The number of aliphatic hydroxyl groups excluding tert-OH is 2. The van der Waals surface area contributed by atoms with Crippen LogP contribution in [0.1, 0.15) is 84.4 Å². The zero-order valence-electron chi connectivity index (χ0n) is 45.5. The summed E-state index contributed by atoms with van der Waals surface area (Å²) in [5, 5.41) is 53.8. The van der Waals surface area contributed by atoms with Crippen molar-refractivity contribution in [3.05, 3.63) is 102 Å². The number of phenols is 1. The van der Waals surface area contributed by atoms with Crippen molar-refractivity contribution < 1.29 is 63.1 Å². The van der Waals surface area contributed by atoms with Crippen molar-refractivity contribution >= 4 is 80.1 Å². The third-order valence-electron chi connectivity index (χ3n) is 12.1. The van der Waals surface area contributed by atoms with Crippen LogP contribution in [0.3, 0.4) is 0 Å². The van der Waals surface area contributed by atoms with Crippen LogP contribution in [0.2, 0.25) is 0 Å². The lowest BCUT2D eigenvalue weighted by Gasteiger charge is -2.29. The fourth-order valence-corrected chi connectivity index (χ4v) is 10.6. The first-order valence-electron chi connectivity index (χ1n) is 26.1. The number of hydrogen-bond donors (Lipinski definition) is 12. The number of aromatic hydroxyl groups is 1. The Morgan fingerprint density at radius 2 is 1.28 bits per heavy atom. The predicted molar refractivity (Wildman–Crippen MR) is 300 cm³/mol. The molecular weight excluding hydrogens is 1060 g/mol. The number of ether oxygens (including phenoxy) is 2. The van der Waals surface area contributed by atoms with Gasteiger partial charge in [-0.05, 0) is 103 Å². The third-order valence-corrected chi connectivity index (χ3v) is 14.6. The first-order valence-corrected chi connectivity index (χ1v) is 28.6. The van der Waals surface area contributed by atoms with Crippen molar-refractivity contribution in [2.75, 3.05) is 24.7 Å². The predicted octanol–water partition coefficient (Wildman–Crippen LogP) is 3.17. The average molecular weight is 1130 g/mol. The molecule has 2 heterocycles. The number of aromatic nitrogens is 1. The Hall–Kier alpha value is -7.02. The van der Waals surface area contributed by atoms with Crippen LogP contribution in [0.5, 0.6) is 5.75 Å². The first-order chi connectivity index (χ1) is 37.4. The molecule has 0 aliphatic carbocycles. The van der Waals surface area contributed by atoms with E-state index < -0.39 is 114 Å². The maximum absolute atomic E-state index is 14.9. The number of benzene rings is 3. The van der Waals surface area contributed by atoms with Gasteiger partial charge in [0.2, 0.25) is 35.4 Å². The summed E-state index contributed by atoms with van der Waals surface area (Å²) in [5.41, 5.74) is 0.826. The van der Waals surface area contributed by atoms with Gasteiger partial charge in [0.05, 0.1) is 18.8 Å². The van der Waals surface area contributed by atoms with Gasteiger partial charge in [-0.15, -0.1) is 0 Å². The summed E-state index contributed by atoms with van der Waals surface area (Å²) in [6.45, 7) is 11.0. The van der Waals surface area contributed by atoms with E-state index in [4.69, 9.17) is 9.47 Å². The van der Waals surface area contributed by atoms with E-state index in [9.17, 15) is 53.7 Å². The Labute approximate surface area is 467 Å². The molecule has 79 heavy (non-hydrogen) atoms. The van der Waals surface area contributed by atoms with Gasteiger partial charge in [0.15, 0.2) is 0 Å². The fourth-order valence-electron chi connectivity index (χ4n) is 8.17. The van der Waals surface area contributed by atoms with Crippen molar-refractivity contribution in [3.63, 3.8) is 0 Å². The highest BCUT2D eigenvalue weighted by atomic mass is 33.1. The molecule has 3 aromatic carbocycles. The molecule has 1 fully saturated rings. The fraction of sp³-hybridized carbons (Fsp3) is 0.491. The number of H-pyrrole nitrogens is 1. The number of unbranched alkanes of at least 4 members (excludes halogenated alkanes) is 1. The Morgan fingerprint density at radius 3 is 1.94 bits per heavy atom. The Balaban J connectivity index is 1.55. The normalized spacial score (nSPS) is 21.2. The molecule has 4 aromatic rings. The standard InChI is InChI=1S/C55H75N9O13S2/c1-32(66)45-51(73)58-36(29-65)30-78-79-31-44(62-48(70)42(25-33-15-9-8-10-16-33)63-53(75)77-55(5,6)7)50(72)60-41(26-34-20-22-37(67)23-21-34)47(69)61-43(27-35-28-57-39-18-12-11-17-38(35)39)49(71)59-40(46(68)64-45)19-13-14-24-56-52(74)76-54(2,3)4/h8-12,15-18,20-23,28,32,36,40-45,57,65-67H,13-14,19,24-27,29-31H2,1-7H3,(H,56,74)(H,58,73)(H,59,71)(H,60,72)(H,61,69)(H,62,70)(H,63,75)(H,64,68)/t32-,36?,40+,41+,42-,43-,44+,45+/m1/s1. The molecule has 22 nitrogen and oxygen atoms in total. The molecule has 1 unspecified atom stereocenters. The topological polar surface area (TPSA) is 328 Å². The second-order valence-corrected chi connectivity index (χ2v) is 23.7. The summed E-state index contributed by atoms with van der Waals surface area (Å²) >= 11 is 0. The van der Waals surface area contributed by atoms with Crippen LogP contribution in [0.15, 0.2) is 85.1 Å². The monoisotopic (exact) mass is 1130 g/mol. The average Bonchev–Trinajstić information content (AvgIpc) is 3.85. The Kier molecular flexibility index (Phi) is 23.7. The lowest BCUT2D eigenvalue weighted by atomic mass is 10.0. The van der Waals surface area contributed by atoms with E-state index in [-0.39, 0.29) is 55.9 Å². The van der Waals surface area contributed by atoms with Gasteiger partial charge < -0.3 is 72.3 Å². The number of fused-ring (bicyclic) bond motifs is 1. The number of carbonyl (C=O) groups is 8. The zero-order valence-corrected chi connectivity index (χ0v) is 47.1. The van der Waals surface area contributed by atoms with Crippen LogP contribution in [0.25, 0.3) is 10.9 Å². The molecule has 0 bridgehead atoms. The highest BCUT2D eigenvalue weighted by Crippen LogP contribution is 2.24. The Morgan fingerprint density at radius 1 is 0.684 bits per heavy atom. The van der Waals surface area contributed by atoms with Crippen LogP contribution < -0.4 is 42.5 Å². The van der Waals surface area contributed by atoms with E-state index in [2.05, 4.69) is 47.5 Å². The van der Waals surface area contributed by atoms with E-state index in [1.165, 1.54) is 19.1 Å². The number of hydrogen-bond acceptors (Lipinski definition) is 15. The van der Waals surface area contributed by atoms with Gasteiger partial charge in [-0.3, -0.25) is 28.8 Å². The minimum absolute atomic E-state index is 0.00807. The van der Waals surface area contributed by atoms with Gasteiger partial charge in [0.25, 0.3) is 0 Å². The van der Waals surface area contributed by atoms with Gasteiger partial charge in [-0.25, -0.2) is 9.59 Å². The van der Waals surface area contributed by atoms with E-state index in [1.807, 2.05) is 18.2 Å². The smallest absolute Gasteiger partial charge is 0.408 e.